The number of piperidine rings is 2. The first-order valence-electron chi connectivity index (χ1n) is 22.9. The molecule has 0 aromatic heterocycles. The third kappa shape index (κ3) is 7.87. The van der Waals surface area contributed by atoms with Crippen molar-refractivity contribution in [2.75, 3.05) is 68.8 Å². The van der Waals surface area contributed by atoms with Gasteiger partial charge in [-0.1, -0.05) is 55.1 Å². The van der Waals surface area contributed by atoms with E-state index in [2.05, 4.69) is 98.2 Å². The van der Waals surface area contributed by atoms with Crippen LogP contribution in [-0.2, 0) is 22.4 Å². The average molecular weight is 834 g/mol. The highest BCUT2D eigenvalue weighted by molar-refractivity contribution is 5.99. The molecule has 5 aliphatic heterocycles. The van der Waals surface area contributed by atoms with Crippen molar-refractivity contribution in [3.63, 3.8) is 0 Å². The molecule has 10 rings (SSSR count). The Bertz CT molecular complexity index is 2360. The van der Waals surface area contributed by atoms with Crippen LogP contribution in [0.3, 0.4) is 0 Å². The van der Waals surface area contributed by atoms with E-state index in [-0.39, 0.29) is 35.5 Å². The molecule has 62 heavy (non-hydrogen) atoms. The van der Waals surface area contributed by atoms with Crippen LogP contribution in [0.4, 0.5) is 11.4 Å². The quantitative estimate of drug-likeness (QED) is 0.125. The summed E-state index contributed by atoms with van der Waals surface area (Å²) in [6.45, 7) is 14.6. The Morgan fingerprint density at radius 3 is 2.45 bits per heavy atom. The summed E-state index contributed by atoms with van der Waals surface area (Å²) in [5.74, 6) is 1.12. The maximum Gasteiger partial charge on any atom is 0.229 e. The monoisotopic (exact) mass is 833 g/mol. The molecule has 1 aliphatic carbocycles. The Morgan fingerprint density at radius 2 is 1.69 bits per heavy atom. The maximum atomic E-state index is 12.7. The third-order valence-electron chi connectivity index (χ3n) is 15.1. The zero-order valence-electron chi connectivity index (χ0n) is 36.0. The number of rotatable bonds is 10. The lowest BCUT2D eigenvalue weighted by atomic mass is 9.69. The number of phenols is 1. The van der Waals surface area contributed by atoms with Crippen LogP contribution in [-0.4, -0.2) is 97.5 Å². The van der Waals surface area contributed by atoms with Crippen LogP contribution in [0.25, 0.3) is 0 Å². The number of likely N-dealkylation sites (tertiary alicyclic amines) is 1. The van der Waals surface area contributed by atoms with Gasteiger partial charge in [-0.3, -0.25) is 24.6 Å². The van der Waals surface area contributed by atoms with E-state index in [0.717, 1.165) is 82.2 Å². The maximum absolute atomic E-state index is 12.7. The summed E-state index contributed by atoms with van der Waals surface area (Å²) >= 11 is 0. The summed E-state index contributed by atoms with van der Waals surface area (Å²) < 4.78 is 6.32. The third-order valence-corrected chi connectivity index (χ3v) is 15.1. The Kier molecular flexibility index (Phi) is 10.8. The molecule has 0 bridgehead atoms. The van der Waals surface area contributed by atoms with Crippen molar-refractivity contribution in [3.05, 3.63) is 131 Å². The van der Waals surface area contributed by atoms with Crippen LogP contribution >= 0.6 is 0 Å². The number of amides is 2. The van der Waals surface area contributed by atoms with Gasteiger partial charge >= 0.3 is 0 Å². The zero-order chi connectivity index (χ0) is 42.5. The predicted octanol–water partition coefficient (Wildman–Crippen LogP) is 7.44. The predicted molar refractivity (Wildman–Crippen MR) is 242 cm³/mol. The Balaban J connectivity index is 0.724. The molecule has 5 heterocycles. The molecule has 6 aliphatic rings. The molecule has 4 aromatic carbocycles. The van der Waals surface area contributed by atoms with E-state index in [1.807, 2.05) is 18.2 Å². The first-order chi connectivity index (χ1) is 30.1. The number of aromatic hydroxyl groups is 1. The molecule has 2 N–H and O–H groups in total. The SMILES string of the molecule is C=C(CN1CC2(CCN(c3ccc(C4c5ccc(O)cc5CCC4c4ccccc4)cc3)CC2)C1)N1CCN2c3cc(CCC4CCC(=O)NC4=O)c(C(C)=O)cc3OC[C@@H]2C1. The number of phenolic OH excluding ortho intramolecular Hbond substituents is 1. The molecular formula is C52H59N5O5. The van der Waals surface area contributed by atoms with Gasteiger partial charge in [0.25, 0.3) is 0 Å². The van der Waals surface area contributed by atoms with Gasteiger partial charge in [-0.2, -0.15) is 0 Å². The molecule has 4 aromatic rings. The normalized spacial score (nSPS) is 24.3. The number of carbonyl (C=O) groups is 3. The van der Waals surface area contributed by atoms with Crippen molar-refractivity contribution in [1.82, 2.24) is 15.1 Å². The number of hydrogen-bond donors (Lipinski definition) is 2. The molecule has 10 heteroatoms. The second kappa shape index (κ2) is 16.6. The first kappa shape index (κ1) is 40.5. The van der Waals surface area contributed by atoms with E-state index < -0.39 is 0 Å². The van der Waals surface area contributed by atoms with Gasteiger partial charge in [0, 0.05) is 87.6 Å². The molecule has 4 atom stereocenters. The lowest BCUT2D eigenvalue weighted by molar-refractivity contribution is -0.136. The highest BCUT2D eigenvalue weighted by atomic mass is 16.5. The van der Waals surface area contributed by atoms with Crippen molar-refractivity contribution < 1.29 is 24.2 Å². The van der Waals surface area contributed by atoms with E-state index in [1.165, 1.54) is 46.5 Å². The highest BCUT2D eigenvalue weighted by Gasteiger charge is 2.45. The minimum Gasteiger partial charge on any atom is -0.508 e. The van der Waals surface area contributed by atoms with E-state index in [0.29, 0.717) is 54.9 Å². The van der Waals surface area contributed by atoms with E-state index in [4.69, 9.17) is 4.74 Å². The Labute approximate surface area is 365 Å². The fourth-order valence-corrected chi connectivity index (χ4v) is 11.7. The molecule has 3 unspecified atom stereocenters. The van der Waals surface area contributed by atoms with Crippen LogP contribution < -0.4 is 19.9 Å². The number of Topliss-reactive ketones (excluding diaryl/α,β-unsaturated/α-hetero) is 1. The second-order valence-corrected chi connectivity index (χ2v) is 19.0. The summed E-state index contributed by atoms with van der Waals surface area (Å²) in [6.07, 6.45) is 6.55. The van der Waals surface area contributed by atoms with Crippen molar-refractivity contribution in [1.29, 1.82) is 0 Å². The van der Waals surface area contributed by atoms with Crippen molar-refractivity contribution in [2.24, 2.45) is 11.3 Å². The van der Waals surface area contributed by atoms with Gasteiger partial charge in [-0.05, 0) is 127 Å². The fraction of sp³-hybridized carbons (Fsp3) is 0.442. The molecule has 1 spiro atoms. The lowest BCUT2D eigenvalue weighted by Gasteiger charge is -2.55. The molecule has 4 saturated heterocycles. The molecule has 0 radical (unpaired) electrons. The van der Waals surface area contributed by atoms with Crippen LogP contribution in [0.1, 0.15) is 95.5 Å². The average Bonchev–Trinajstić information content (AvgIpc) is 3.27. The fourth-order valence-electron chi connectivity index (χ4n) is 11.7. The minimum atomic E-state index is -0.223. The molecule has 10 nitrogen and oxygen atoms in total. The Hall–Kier alpha value is -5.61. The molecule has 4 fully saturated rings. The standard InChI is InChI=1S/C52H59N5O5/c1-34(56-24-25-57-42(30-56)31-62-48-28-46(35(2)58)40(27-47(48)57)9-8-38-13-19-49(60)53-51(38)61)29-54-32-52(33-54)20-22-55(23-21-52)41-14-10-37(11-15-41)50-44(36-6-4-3-5-7-36)17-12-39-26-43(59)16-18-45(39)50/h3-7,10-11,14-16,18,26-28,38,42,44,50,59H,1,8-9,12-13,17,19-25,29-33H2,2H3,(H,53,60,61)/t38?,42-,44?,50?/m0/s1. The molecule has 2 amide bonds. The number of nitrogens with zero attached hydrogens (tertiary/aromatic N) is 4. The molecule has 0 saturated carbocycles. The topological polar surface area (TPSA) is 106 Å². The van der Waals surface area contributed by atoms with E-state index in [9.17, 15) is 19.5 Å². The number of benzene rings is 4. The van der Waals surface area contributed by atoms with Gasteiger partial charge in [0.05, 0.1) is 11.7 Å². The minimum absolute atomic E-state index is 0.00984. The molecular weight excluding hydrogens is 775 g/mol. The van der Waals surface area contributed by atoms with Crippen molar-refractivity contribution in [2.45, 2.75) is 76.2 Å². The number of imide groups is 1. The number of carbonyl (C=O) groups excluding carboxylic acids is 3. The van der Waals surface area contributed by atoms with Gasteiger partial charge in [0.15, 0.2) is 5.78 Å². The summed E-state index contributed by atoms with van der Waals surface area (Å²) in [7, 11) is 0. The number of fused-ring (bicyclic) bond motifs is 4. The van der Waals surface area contributed by atoms with Gasteiger partial charge in [0.2, 0.25) is 11.8 Å². The van der Waals surface area contributed by atoms with E-state index in [1.54, 1.807) is 6.92 Å². The van der Waals surface area contributed by atoms with Crippen LogP contribution in [0.5, 0.6) is 11.5 Å². The van der Waals surface area contributed by atoms with Crippen LogP contribution in [0.2, 0.25) is 0 Å². The number of aryl methyl sites for hydroxylation is 2. The number of anilines is 2. The zero-order valence-corrected chi connectivity index (χ0v) is 36.0. The van der Waals surface area contributed by atoms with E-state index >= 15 is 0 Å². The van der Waals surface area contributed by atoms with Crippen molar-refractivity contribution >= 4 is 29.0 Å². The van der Waals surface area contributed by atoms with Crippen molar-refractivity contribution in [3.8, 4) is 11.5 Å². The number of piperazine rings is 1. The summed E-state index contributed by atoms with van der Waals surface area (Å²) in [5.41, 5.74) is 10.8. The lowest BCUT2D eigenvalue weighted by Crippen LogP contribution is -2.62. The number of ketones is 1. The Morgan fingerprint density at radius 1 is 0.903 bits per heavy atom. The van der Waals surface area contributed by atoms with Gasteiger partial charge in [-0.15, -0.1) is 0 Å². The summed E-state index contributed by atoms with van der Waals surface area (Å²) in [6, 6.07) is 30.5. The van der Waals surface area contributed by atoms with Gasteiger partial charge < -0.3 is 24.5 Å². The van der Waals surface area contributed by atoms with Gasteiger partial charge in [0.1, 0.15) is 18.1 Å². The number of nitrogens with one attached hydrogen (secondary N) is 1. The molecule has 322 valence electrons. The first-order valence-corrected chi connectivity index (χ1v) is 22.9. The highest BCUT2D eigenvalue weighted by Crippen LogP contribution is 2.48. The second-order valence-electron chi connectivity index (χ2n) is 19.0. The van der Waals surface area contributed by atoms with Crippen LogP contribution in [0.15, 0.2) is 97.2 Å². The summed E-state index contributed by atoms with van der Waals surface area (Å²) in [5, 5.41) is 12.7. The largest absolute Gasteiger partial charge is 0.508 e. The number of hydrogen-bond acceptors (Lipinski definition) is 9. The van der Waals surface area contributed by atoms with Crippen LogP contribution in [0, 0.1) is 11.3 Å². The summed E-state index contributed by atoms with van der Waals surface area (Å²) in [4.78, 5) is 46.9. The number of ether oxygens (including phenoxy) is 1. The van der Waals surface area contributed by atoms with Gasteiger partial charge in [-0.25, -0.2) is 0 Å². The smallest absolute Gasteiger partial charge is 0.229 e.